The van der Waals surface area contributed by atoms with Crippen molar-refractivity contribution in [3.05, 3.63) is 50.6 Å². The van der Waals surface area contributed by atoms with Crippen LogP contribution >= 0.6 is 23.1 Å². The number of fused-ring (bicyclic) bond motifs is 1. The van der Waals surface area contributed by atoms with E-state index in [4.69, 9.17) is 5.26 Å². The van der Waals surface area contributed by atoms with Crippen LogP contribution in [0, 0.1) is 25.2 Å². The minimum absolute atomic E-state index is 0.0853. The maximum atomic E-state index is 12.6. The fraction of sp³-hybridized carbons (Fsp3) is 0.263. The van der Waals surface area contributed by atoms with Crippen LogP contribution in [0.15, 0.2) is 34.2 Å². The highest BCUT2D eigenvalue weighted by Crippen LogP contribution is 2.28. The van der Waals surface area contributed by atoms with Gasteiger partial charge in [0.25, 0.3) is 5.56 Å². The number of thiophene rings is 1. The number of hydrogen-bond donors (Lipinski definition) is 1. The number of nitrogens with zero attached hydrogens (tertiary/aromatic N) is 3. The summed E-state index contributed by atoms with van der Waals surface area (Å²) in [6, 6.07) is 9.25. The summed E-state index contributed by atoms with van der Waals surface area (Å²) in [7, 11) is 1.68. The number of nitriles is 1. The van der Waals surface area contributed by atoms with Gasteiger partial charge in [0.2, 0.25) is 5.91 Å². The average Bonchev–Trinajstić information content (AvgIpc) is 2.93. The Morgan fingerprint density at radius 3 is 2.70 bits per heavy atom. The van der Waals surface area contributed by atoms with Gasteiger partial charge in [-0.25, -0.2) is 4.98 Å². The minimum atomic E-state index is -0.180. The standard InChI is InChI=1S/C19H18N4O2S2/c1-11-12(2)27-17-16(11)18(25)23(3)19(22-17)26-10-15(24)21-14-6-4-13(5-7-14)8-9-20/h4-7H,8,10H2,1-3H3,(H,21,24). The highest BCUT2D eigenvalue weighted by Gasteiger charge is 2.15. The molecule has 0 aliphatic heterocycles. The van der Waals surface area contributed by atoms with E-state index in [0.29, 0.717) is 27.5 Å². The Labute approximate surface area is 164 Å². The molecule has 0 unspecified atom stereocenters. The fourth-order valence-electron chi connectivity index (χ4n) is 2.61. The number of nitrogens with one attached hydrogen (secondary N) is 1. The predicted octanol–water partition coefficient (Wildman–Crippen LogP) is 3.41. The lowest BCUT2D eigenvalue weighted by Crippen LogP contribution is -2.21. The molecule has 0 bridgehead atoms. The van der Waals surface area contributed by atoms with Gasteiger partial charge in [-0.1, -0.05) is 23.9 Å². The van der Waals surface area contributed by atoms with Crippen LogP contribution in [0.1, 0.15) is 16.0 Å². The molecule has 0 radical (unpaired) electrons. The summed E-state index contributed by atoms with van der Waals surface area (Å²) in [5.41, 5.74) is 2.46. The van der Waals surface area contributed by atoms with Crippen molar-refractivity contribution in [2.45, 2.75) is 25.4 Å². The van der Waals surface area contributed by atoms with Gasteiger partial charge in [-0.3, -0.25) is 14.2 Å². The topological polar surface area (TPSA) is 87.8 Å². The van der Waals surface area contributed by atoms with Crippen LogP contribution in [0.5, 0.6) is 0 Å². The molecule has 1 N–H and O–H groups in total. The van der Waals surface area contributed by atoms with E-state index in [9.17, 15) is 9.59 Å². The molecule has 0 fully saturated rings. The van der Waals surface area contributed by atoms with Gasteiger partial charge in [-0.15, -0.1) is 11.3 Å². The summed E-state index contributed by atoms with van der Waals surface area (Å²) in [4.78, 5) is 31.2. The number of carbonyl (C=O) groups is 1. The quantitative estimate of drug-likeness (QED) is 0.526. The van der Waals surface area contributed by atoms with Crippen molar-refractivity contribution >= 4 is 44.9 Å². The van der Waals surface area contributed by atoms with E-state index in [1.165, 1.54) is 27.7 Å². The third-order valence-corrected chi connectivity index (χ3v) is 6.35. The first-order valence-corrected chi connectivity index (χ1v) is 10.1. The molecule has 0 aliphatic carbocycles. The molecule has 0 aliphatic rings. The fourth-order valence-corrected chi connectivity index (χ4v) is 4.45. The molecule has 0 saturated heterocycles. The van der Waals surface area contributed by atoms with E-state index >= 15 is 0 Å². The lowest BCUT2D eigenvalue weighted by atomic mass is 10.1. The Morgan fingerprint density at radius 2 is 2.04 bits per heavy atom. The number of hydrogen-bond acceptors (Lipinski definition) is 6. The second-order valence-electron chi connectivity index (χ2n) is 6.09. The van der Waals surface area contributed by atoms with Crippen LogP contribution in [0.2, 0.25) is 0 Å². The van der Waals surface area contributed by atoms with Crippen LogP contribution in [-0.4, -0.2) is 21.2 Å². The predicted molar refractivity (Wildman–Crippen MR) is 109 cm³/mol. The van der Waals surface area contributed by atoms with Gasteiger partial charge in [-0.05, 0) is 37.1 Å². The summed E-state index contributed by atoms with van der Waals surface area (Å²) >= 11 is 2.73. The normalized spacial score (nSPS) is 10.7. The number of aromatic nitrogens is 2. The van der Waals surface area contributed by atoms with Crippen molar-refractivity contribution in [1.29, 1.82) is 5.26 Å². The second kappa shape index (κ2) is 7.94. The molecule has 3 rings (SSSR count). The second-order valence-corrected chi connectivity index (χ2v) is 8.24. The van der Waals surface area contributed by atoms with Crippen molar-refractivity contribution in [2.75, 3.05) is 11.1 Å². The highest BCUT2D eigenvalue weighted by molar-refractivity contribution is 7.99. The van der Waals surface area contributed by atoms with Gasteiger partial charge in [0.1, 0.15) is 4.83 Å². The lowest BCUT2D eigenvalue weighted by molar-refractivity contribution is -0.113. The number of benzene rings is 1. The maximum absolute atomic E-state index is 12.6. The first kappa shape index (κ1) is 19.1. The Hall–Kier alpha value is -2.63. The number of amides is 1. The van der Waals surface area contributed by atoms with E-state index in [1.54, 1.807) is 19.2 Å². The molecule has 2 heterocycles. The van der Waals surface area contributed by atoms with Crippen LogP contribution in [0.25, 0.3) is 10.2 Å². The summed E-state index contributed by atoms with van der Waals surface area (Å²) in [5, 5.41) is 12.7. The van der Waals surface area contributed by atoms with Gasteiger partial charge in [0.15, 0.2) is 5.16 Å². The van der Waals surface area contributed by atoms with Crippen LogP contribution in [0.4, 0.5) is 5.69 Å². The van der Waals surface area contributed by atoms with E-state index in [0.717, 1.165) is 16.0 Å². The van der Waals surface area contributed by atoms with E-state index in [2.05, 4.69) is 16.4 Å². The molecule has 1 aromatic carbocycles. The number of carbonyl (C=O) groups excluding carboxylic acids is 1. The Bertz CT molecular complexity index is 1110. The first-order chi connectivity index (χ1) is 12.9. The molecular formula is C19H18N4O2S2. The number of anilines is 1. The first-order valence-electron chi connectivity index (χ1n) is 8.26. The van der Waals surface area contributed by atoms with Crippen LogP contribution in [-0.2, 0) is 18.3 Å². The summed E-state index contributed by atoms with van der Waals surface area (Å²) in [5.74, 6) is -0.0318. The van der Waals surface area contributed by atoms with Crippen molar-refractivity contribution in [3.8, 4) is 6.07 Å². The Balaban J connectivity index is 1.71. The van der Waals surface area contributed by atoms with Crippen LogP contribution in [0.3, 0.4) is 0 Å². The zero-order chi connectivity index (χ0) is 19.6. The molecule has 0 saturated carbocycles. The van der Waals surface area contributed by atoms with E-state index in [1.807, 2.05) is 26.0 Å². The van der Waals surface area contributed by atoms with Gasteiger partial charge < -0.3 is 5.32 Å². The summed E-state index contributed by atoms with van der Waals surface area (Å²) in [6.07, 6.45) is 0.341. The zero-order valence-corrected chi connectivity index (χ0v) is 16.8. The minimum Gasteiger partial charge on any atom is -0.325 e. The van der Waals surface area contributed by atoms with E-state index in [-0.39, 0.29) is 17.2 Å². The van der Waals surface area contributed by atoms with E-state index < -0.39 is 0 Å². The molecule has 1 amide bonds. The Kier molecular flexibility index (Phi) is 5.63. The molecule has 0 spiro atoms. The van der Waals surface area contributed by atoms with Crippen molar-refractivity contribution < 1.29 is 4.79 Å². The smallest absolute Gasteiger partial charge is 0.262 e. The number of thioether (sulfide) groups is 1. The van der Waals surface area contributed by atoms with Gasteiger partial charge in [0.05, 0.1) is 23.6 Å². The molecular weight excluding hydrogens is 380 g/mol. The monoisotopic (exact) mass is 398 g/mol. The molecule has 138 valence electrons. The average molecular weight is 399 g/mol. The third kappa shape index (κ3) is 4.04. The highest BCUT2D eigenvalue weighted by atomic mass is 32.2. The Morgan fingerprint density at radius 1 is 1.33 bits per heavy atom. The zero-order valence-electron chi connectivity index (χ0n) is 15.2. The summed E-state index contributed by atoms with van der Waals surface area (Å²) in [6.45, 7) is 3.91. The van der Waals surface area contributed by atoms with Gasteiger partial charge in [-0.2, -0.15) is 5.26 Å². The van der Waals surface area contributed by atoms with Crippen molar-refractivity contribution in [1.82, 2.24) is 9.55 Å². The third-order valence-electron chi connectivity index (χ3n) is 4.22. The molecule has 27 heavy (non-hydrogen) atoms. The van der Waals surface area contributed by atoms with Gasteiger partial charge in [0, 0.05) is 17.6 Å². The number of rotatable bonds is 5. The largest absolute Gasteiger partial charge is 0.325 e. The molecule has 3 aromatic rings. The van der Waals surface area contributed by atoms with Crippen LogP contribution < -0.4 is 10.9 Å². The molecule has 2 aromatic heterocycles. The van der Waals surface area contributed by atoms with Crippen molar-refractivity contribution in [3.63, 3.8) is 0 Å². The van der Waals surface area contributed by atoms with Gasteiger partial charge >= 0.3 is 0 Å². The molecule has 6 nitrogen and oxygen atoms in total. The maximum Gasteiger partial charge on any atom is 0.262 e. The molecule has 0 atom stereocenters. The molecule has 8 heteroatoms. The van der Waals surface area contributed by atoms with Crippen molar-refractivity contribution in [2.24, 2.45) is 7.05 Å². The number of aryl methyl sites for hydroxylation is 2. The summed E-state index contributed by atoms with van der Waals surface area (Å²) < 4.78 is 1.50. The SMILES string of the molecule is Cc1sc2nc(SCC(=O)Nc3ccc(CC#N)cc3)n(C)c(=O)c2c1C. The lowest BCUT2D eigenvalue weighted by Gasteiger charge is -2.08.